The standard InChI is InChI=1S/C27H26N6O3/c1-17-4-7-22(12-18(17)2)33-15-20(13-26(33)34)27(35)31-21-5-8-23(9-6-21)36-25-14-24(29-16-30-25)32-11-10-28-19(32)3/h4-12,14,16,20H,13,15H2,1-3H3,(H,31,35). The minimum atomic E-state index is -0.416. The van der Waals surface area contributed by atoms with Gasteiger partial charge in [-0.1, -0.05) is 6.07 Å². The average Bonchev–Trinajstić information content (AvgIpc) is 3.48. The molecular formula is C27H26N6O3. The predicted molar refractivity (Wildman–Crippen MR) is 135 cm³/mol. The quantitative estimate of drug-likeness (QED) is 0.438. The van der Waals surface area contributed by atoms with Crippen molar-refractivity contribution in [2.75, 3.05) is 16.8 Å². The van der Waals surface area contributed by atoms with Gasteiger partial charge in [-0.3, -0.25) is 14.2 Å². The lowest BCUT2D eigenvalue weighted by molar-refractivity contribution is -0.122. The van der Waals surface area contributed by atoms with Crippen molar-refractivity contribution in [1.29, 1.82) is 0 Å². The molecule has 9 nitrogen and oxygen atoms in total. The number of nitrogens with one attached hydrogen (secondary N) is 1. The number of aromatic nitrogens is 4. The van der Waals surface area contributed by atoms with Gasteiger partial charge in [0.15, 0.2) is 0 Å². The number of imidazole rings is 1. The summed E-state index contributed by atoms with van der Waals surface area (Å²) in [6.07, 6.45) is 5.14. The summed E-state index contributed by atoms with van der Waals surface area (Å²) in [5, 5.41) is 2.91. The van der Waals surface area contributed by atoms with Crippen LogP contribution >= 0.6 is 0 Å². The van der Waals surface area contributed by atoms with Crippen molar-refractivity contribution >= 4 is 23.2 Å². The Kier molecular flexibility index (Phi) is 6.20. The largest absolute Gasteiger partial charge is 0.439 e. The van der Waals surface area contributed by atoms with Crippen LogP contribution in [0.5, 0.6) is 11.6 Å². The highest BCUT2D eigenvalue weighted by Gasteiger charge is 2.35. The van der Waals surface area contributed by atoms with Gasteiger partial charge in [0.05, 0.1) is 5.92 Å². The smallest absolute Gasteiger partial charge is 0.229 e. The second-order valence-electron chi connectivity index (χ2n) is 8.85. The first kappa shape index (κ1) is 23.2. The van der Waals surface area contributed by atoms with Gasteiger partial charge in [0.2, 0.25) is 17.7 Å². The van der Waals surface area contributed by atoms with Gasteiger partial charge in [-0.05, 0) is 68.3 Å². The van der Waals surface area contributed by atoms with E-state index in [-0.39, 0.29) is 18.2 Å². The molecule has 1 saturated heterocycles. The third kappa shape index (κ3) is 4.81. The van der Waals surface area contributed by atoms with Gasteiger partial charge in [-0.25, -0.2) is 15.0 Å². The summed E-state index contributed by atoms with van der Waals surface area (Å²) in [5.41, 5.74) is 3.74. The van der Waals surface area contributed by atoms with E-state index in [1.807, 2.05) is 49.7 Å². The highest BCUT2D eigenvalue weighted by atomic mass is 16.5. The molecule has 1 atom stereocenters. The van der Waals surface area contributed by atoms with Crippen LogP contribution in [-0.4, -0.2) is 37.9 Å². The van der Waals surface area contributed by atoms with Crippen LogP contribution in [0.3, 0.4) is 0 Å². The van der Waals surface area contributed by atoms with Gasteiger partial charge in [-0.2, -0.15) is 0 Å². The number of nitrogens with zero attached hydrogens (tertiary/aromatic N) is 5. The number of ether oxygens (including phenoxy) is 1. The first-order chi connectivity index (χ1) is 17.4. The monoisotopic (exact) mass is 482 g/mol. The van der Waals surface area contributed by atoms with E-state index < -0.39 is 5.92 Å². The predicted octanol–water partition coefficient (Wildman–Crippen LogP) is 4.37. The fourth-order valence-corrected chi connectivity index (χ4v) is 4.14. The number of hydrogen-bond donors (Lipinski definition) is 1. The molecule has 0 bridgehead atoms. The highest BCUT2D eigenvalue weighted by molar-refractivity contribution is 6.03. The molecule has 4 aromatic rings. The molecule has 182 valence electrons. The molecule has 2 amide bonds. The Morgan fingerprint density at radius 1 is 1.00 bits per heavy atom. The van der Waals surface area contributed by atoms with Crippen LogP contribution < -0.4 is 15.0 Å². The van der Waals surface area contributed by atoms with Crippen molar-refractivity contribution in [3.63, 3.8) is 0 Å². The van der Waals surface area contributed by atoms with Crippen LogP contribution in [0.1, 0.15) is 23.4 Å². The Hall–Kier alpha value is -4.53. The number of benzene rings is 2. The van der Waals surface area contributed by atoms with Crippen LogP contribution in [-0.2, 0) is 9.59 Å². The lowest BCUT2D eigenvalue weighted by Crippen LogP contribution is -2.28. The van der Waals surface area contributed by atoms with Gasteiger partial charge >= 0.3 is 0 Å². The fraction of sp³-hybridized carbons (Fsp3) is 0.222. The molecule has 5 rings (SSSR count). The zero-order chi connectivity index (χ0) is 25.2. The molecule has 1 N–H and O–H groups in total. The fourth-order valence-electron chi connectivity index (χ4n) is 4.14. The van der Waals surface area contributed by atoms with Crippen molar-refractivity contribution in [3.8, 4) is 17.4 Å². The molecule has 9 heteroatoms. The molecule has 2 aromatic heterocycles. The van der Waals surface area contributed by atoms with Gasteiger partial charge in [0.25, 0.3) is 0 Å². The zero-order valence-corrected chi connectivity index (χ0v) is 20.3. The first-order valence-electron chi connectivity index (χ1n) is 11.7. The molecule has 36 heavy (non-hydrogen) atoms. The molecule has 1 unspecified atom stereocenters. The van der Waals surface area contributed by atoms with E-state index in [1.54, 1.807) is 41.4 Å². The average molecular weight is 483 g/mol. The van der Waals surface area contributed by atoms with Crippen molar-refractivity contribution in [2.45, 2.75) is 27.2 Å². The second kappa shape index (κ2) is 9.61. The van der Waals surface area contributed by atoms with E-state index in [1.165, 1.54) is 11.9 Å². The number of rotatable bonds is 6. The van der Waals surface area contributed by atoms with Gasteiger partial charge < -0.3 is 15.0 Å². The Bertz CT molecular complexity index is 1430. The van der Waals surface area contributed by atoms with E-state index in [9.17, 15) is 9.59 Å². The molecule has 1 aliphatic heterocycles. The van der Waals surface area contributed by atoms with E-state index >= 15 is 0 Å². The topological polar surface area (TPSA) is 102 Å². The van der Waals surface area contributed by atoms with Crippen molar-refractivity contribution in [1.82, 2.24) is 19.5 Å². The maximum atomic E-state index is 12.9. The van der Waals surface area contributed by atoms with Crippen LogP contribution in [0.2, 0.25) is 0 Å². The van der Waals surface area contributed by atoms with E-state index in [4.69, 9.17) is 4.74 Å². The zero-order valence-electron chi connectivity index (χ0n) is 20.3. The summed E-state index contributed by atoms with van der Waals surface area (Å²) >= 11 is 0. The number of aryl methyl sites for hydroxylation is 3. The minimum Gasteiger partial charge on any atom is -0.439 e. The minimum absolute atomic E-state index is 0.0442. The summed E-state index contributed by atoms with van der Waals surface area (Å²) in [5.74, 6) is 1.77. The molecule has 0 radical (unpaired) electrons. The number of anilines is 2. The Balaban J connectivity index is 1.21. The molecule has 1 fully saturated rings. The highest BCUT2D eigenvalue weighted by Crippen LogP contribution is 2.28. The van der Waals surface area contributed by atoms with Crippen LogP contribution in [0.4, 0.5) is 11.4 Å². The third-order valence-electron chi connectivity index (χ3n) is 6.34. The molecule has 0 saturated carbocycles. The van der Waals surface area contributed by atoms with Gasteiger partial charge in [-0.15, -0.1) is 0 Å². The van der Waals surface area contributed by atoms with Crippen molar-refractivity contribution in [3.05, 3.63) is 84.2 Å². The normalized spacial score (nSPS) is 15.2. The molecule has 3 heterocycles. The summed E-state index contributed by atoms with van der Waals surface area (Å²) in [6.45, 7) is 6.30. The first-order valence-corrected chi connectivity index (χ1v) is 11.7. The maximum absolute atomic E-state index is 12.9. The SMILES string of the molecule is Cc1ccc(N2CC(C(=O)Nc3ccc(Oc4cc(-n5ccnc5C)ncn4)cc3)CC2=O)cc1C. The number of amides is 2. The Morgan fingerprint density at radius 3 is 2.53 bits per heavy atom. The van der Waals surface area contributed by atoms with Crippen molar-refractivity contribution < 1.29 is 14.3 Å². The van der Waals surface area contributed by atoms with Crippen LogP contribution in [0.25, 0.3) is 5.82 Å². The second-order valence-corrected chi connectivity index (χ2v) is 8.85. The maximum Gasteiger partial charge on any atom is 0.229 e. The van der Waals surface area contributed by atoms with Crippen LogP contribution in [0.15, 0.2) is 67.3 Å². The summed E-state index contributed by atoms with van der Waals surface area (Å²) < 4.78 is 7.70. The molecule has 2 aromatic carbocycles. The molecule has 0 spiro atoms. The molecule has 0 aliphatic carbocycles. The van der Waals surface area contributed by atoms with Crippen LogP contribution in [0, 0.1) is 26.7 Å². The Morgan fingerprint density at radius 2 is 1.81 bits per heavy atom. The lowest BCUT2D eigenvalue weighted by Gasteiger charge is -2.18. The van der Waals surface area contributed by atoms with E-state index in [2.05, 4.69) is 20.3 Å². The lowest BCUT2D eigenvalue weighted by atomic mass is 10.1. The number of carbonyl (C=O) groups excluding carboxylic acids is 2. The van der Waals surface area contributed by atoms with Crippen molar-refractivity contribution in [2.24, 2.45) is 5.92 Å². The number of carbonyl (C=O) groups is 2. The molecule has 1 aliphatic rings. The van der Waals surface area contributed by atoms with Gasteiger partial charge in [0, 0.05) is 42.8 Å². The summed E-state index contributed by atoms with van der Waals surface area (Å²) in [4.78, 5) is 39.8. The summed E-state index contributed by atoms with van der Waals surface area (Å²) in [6, 6.07) is 14.7. The Labute approximate surface area is 208 Å². The third-order valence-corrected chi connectivity index (χ3v) is 6.34. The van der Waals surface area contributed by atoms with Gasteiger partial charge in [0.1, 0.15) is 23.7 Å². The van der Waals surface area contributed by atoms with E-state index in [0.29, 0.717) is 29.7 Å². The summed E-state index contributed by atoms with van der Waals surface area (Å²) in [7, 11) is 0. The van der Waals surface area contributed by atoms with E-state index in [0.717, 1.165) is 17.1 Å². The number of hydrogen-bond acceptors (Lipinski definition) is 6. The molecular weight excluding hydrogens is 456 g/mol.